The van der Waals surface area contributed by atoms with E-state index in [1.165, 1.54) is 0 Å². The number of nitrogens with zero attached hydrogens (tertiary/aromatic N) is 1. The van der Waals surface area contributed by atoms with Crippen molar-refractivity contribution in [1.82, 2.24) is 4.37 Å². The van der Waals surface area contributed by atoms with Crippen LogP contribution in [0.2, 0.25) is 0 Å². The van der Waals surface area contributed by atoms with E-state index in [-0.39, 0.29) is 16.5 Å². The van der Waals surface area contributed by atoms with Crippen molar-refractivity contribution >= 4 is 32.2 Å². The molecule has 6 nitrogen and oxygen atoms in total. The number of sulfone groups is 1. The zero-order valence-electron chi connectivity index (χ0n) is 11.0. The minimum atomic E-state index is -3.37. The summed E-state index contributed by atoms with van der Waals surface area (Å²) < 4.78 is 33.0. The summed E-state index contributed by atoms with van der Waals surface area (Å²) in [4.78, 5) is 0.0990. The molecular weight excluding hydrogens is 274 g/mol. The Balaban J connectivity index is 2.99. The van der Waals surface area contributed by atoms with Crippen LogP contribution >= 0.6 is 11.5 Å². The fourth-order valence-electron chi connectivity index (χ4n) is 1.22. The molecule has 0 aliphatic heterocycles. The maximum absolute atomic E-state index is 11.9. The third-order valence-corrected chi connectivity index (χ3v) is 5.34. The van der Waals surface area contributed by atoms with Crippen molar-refractivity contribution < 1.29 is 13.2 Å². The number of rotatable bonds is 6. The van der Waals surface area contributed by atoms with Crippen LogP contribution < -0.4 is 11.1 Å². The maximum atomic E-state index is 11.9. The lowest BCUT2D eigenvalue weighted by Crippen LogP contribution is -2.32. The number of anilines is 2. The van der Waals surface area contributed by atoms with Gasteiger partial charge in [-0.05, 0) is 25.4 Å². The molecule has 0 aromatic carbocycles. The number of nitrogen functional groups attached to an aromatic ring is 1. The summed E-state index contributed by atoms with van der Waals surface area (Å²) in [5.41, 5.74) is 5.23. The molecule has 0 aliphatic rings. The molecule has 3 N–H and O–H groups in total. The summed E-state index contributed by atoms with van der Waals surface area (Å²) in [7, 11) is -1.77. The van der Waals surface area contributed by atoms with Crippen LogP contribution in [0, 0.1) is 0 Å². The van der Waals surface area contributed by atoms with Crippen LogP contribution in [-0.4, -0.2) is 37.8 Å². The van der Waals surface area contributed by atoms with Gasteiger partial charge in [0.25, 0.3) is 0 Å². The van der Waals surface area contributed by atoms with Crippen molar-refractivity contribution in [3.05, 3.63) is 0 Å². The molecule has 1 aromatic rings. The van der Waals surface area contributed by atoms with Gasteiger partial charge >= 0.3 is 0 Å². The molecule has 18 heavy (non-hydrogen) atoms. The van der Waals surface area contributed by atoms with Crippen molar-refractivity contribution in [2.24, 2.45) is 0 Å². The van der Waals surface area contributed by atoms with Crippen LogP contribution in [0.15, 0.2) is 4.90 Å². The lowest BCUT2D eigenvalue weighted by atomic mass is 10.1. The first-order chi connectivity index (χ1) is 8.23. The number of hydrogen-bond acceptors (Lipinski definition) is 7. The monoisotopic (exact) mass is 293 g/mol. The minimum Gasteiger partial charge on any atom is -0.382 e. The highest BCUT2D eigenvalue weighted by Crippen LogP contribution is 2.32. The SMILES string of the molecule is CCS(=O)(=O)c1c(N)nsc1NCC(C)(C)OC. The first-order valence-corrected chi connectivity index (χ1v) is 7.93. The summed E-state index contributed by atoms with van der Waals surface area (Å²) in [6, 6.07) is 0. The predicted octanol–water partition coefficient (Wildman–Crippen LogP) is 1.36. The van der Waals surface area contributed by atoms with Crippen molar-refractivity contribution in [1.29, 1.82) is 0 Å². The molecule has 0 unspecified atom stereocenters. The number of methoxy groups -OCH3 is 1. The summed E-state index contributed by atoms with van der Waals surface area (Å²) in [6.45, 7) is 5.85. The molecule has 0 spiro atoms. The molecule has 0 aliphatic carbocycles. The third-order valence-electron chi connectivity index (χ3n) is 2.59. The third kappa shape index (κ3) is 3.33. The Kier molecular flexibility index (Phi) is 4.57. The van der Waals surface area contributed by atoms with Gasteiger partial charge in [0, 0.05) is 13.7 Å². The van der Waals surface area contributed by atoms with Crippen LogP contribution in [0.25, 0.3) is 0 Å². The Bertz CT molecular complexity index is 508. The van der Waals surface area contributed by atoms with Crippen molar-refractivity contribution in [3.8, 4) is 0 Å². The zero-order valence-corrected chi connectivity index (χ0v) is 12.6. The van der Waals surface area contributed by atoms with Gasteiger partial charge in [0.05, 0.1) is 11.4 Å². The van der Waals surface area contributed by atoms with Crippen LogP contribution in [0.3, 0.4) is 0 Å². The molecular formula is C10H19N3O3S2. The molecule has 0 fully saturated rings. The van der Waals surface area contributed by atoms with E-state index in [1.54, 1.807) is 14.0 Å². The zero-order chi connectivity index (χ0) is 14.0. The van der Waals surface area contributed by atoms with Crippen molar-refractivity contribution in [3.63, 3.8) is 0 Å². The highest BCUT2D eigenvalue weighted by Gasteiger charge is 2.25. The van der Waals surface area contributed by atoms with Gasteiger partial charge in [-0.15, -0.1) is 0 Å². The fraction of sp³-hybridized carbons (Fsp3) is 0.700. The molecule has 1 heterocycles. The van der Waals surface area contributed by atoms with E-state index in [9.17, 15) is 8.42 Å². The topological polar surface area (TPSA) is 94.3 Å². The highest BCUT2D eigenvalue weighted by molar-refractivity contribution is 7.91. The average molecular weight is 293 g/mol. The van der Waals surface area contributed by atoms with E-state index in [0.717, 1.165) is 11.5 Å². The molecule has 8 heteroatoms. The van der Waals surface area contributed by atoms with Crippen LogP contribution in [0.4, 0.5) is 10.8 Å². The van der Waals surface area contributed by atoms with E-state index >= 15 is 0 Å². The summed E-state index contributed by atoms with van der Waals surface area (Å²) in [6.07, 6.45) is 0. The largest absolute Gasteiger partial charge is 0.382 e. The van der Waals surface area contributed by atoms with Gasteiger partial charge < -0.3 is 15.8 Å². The number of hydrogen-bond donors (Lipinski definition) is 2. The highest BCUT2D eigenvalue weighted by atomic mass is 32.2. The molecule has 0 saturated heterocycles. The van der Waals surface area contributed by atoms with Crippen LogP contribution in [0.1, 0.15) is 20.8 Å². The van der Waals surface area contributed by atoms with Crippen LogP contribution in [-0.2, 0) is 14.6 Å². The number of nitrogens with two attached hydrogens (primary N) is 1. The minimum absolute atomic E-state index is 0.00202. The van der Waals surface area contributed by atoms with Crippen molar-refractivity contribution in [2.45, 2.75) is 31.3 Å². The van der Waals surface area contributed by atoms with E-state index in [0.29, 0.717) is 11.5 Å². The quantitative estimate of drug-likeness (QED) is 0.822. The number of aromatic nitrogens is 1. The molecule has 0 saturated carbocycles. The Hall–Kier alpha value is -0.860. The van der Waals surface area contributed by atoms with Gasteiger partial charge in [-0.3, -0.25) is 0 Å². The van der Waals surface area contributed by atoms with E-state index in [1.807, 2.05) is 13.8 Å². The smallest absolute Gasteiger partial charge is 0.184 e. The predicted molar refractivity (Wildman–Crippen MR) is 73.8 cm³/mol. The van der Waals surface area contributed by atoms with Gasteiger partial charge in [-0.25, -0.2) is 8.42 Å². The molecule has 0 amide bonds. The molecule has 0 bridgehead atoms. The summed E-state index contributed by atoms with van der Waals surface area (Å²) in [5.74, 6) is 0.0531. The second-order valence-corrected chi connectivity index (χ2v) is 7.44. The standard InChI is InChI=1S/C10H19N3O3S2/c1-5-18(14,15)7-8(11)13-17-9(7)12-6-10(2,3)16-4/h12H,5-6H2,1-4H3,(H2,11,13). The van der Waals surface area contributed by atoms with Gasteiger partial charge in [-0.1, -0.05) is 6.92 Å². The van der Waals surface area contributed by atoms with E-state index in [2.05, 4.69) is 9.69 Å². The Morgan fingerprint density at radius 3 is 2.61 bits per heavy atom. The fourth-order valence-corrected chi connectivity index (χ4v) is 3.38. The lowest BCUT2D eigenvalue weighted by molar-refractivity contribution is 0.0344. The Morgan fingerprint density at radius 1 is 1.50 bits per heavy atom. The number of nitrogens with one attached hydrogen (secondary N) is 1. The van der Waals surface area contributed by atoms with Crippen molar-refractivity contribution in [2.75, 3.05) is 30.5 Å². The number of ether oxygens (including phenoxy) is 1. The van der Waals surface area contributed by atoms with Gasteiger partial charge in [-0.2, -0.15) is 4.37 Å². The average Bonchev–Trinajstić information content (AvgIpc) is 2.69. The Labute approximate surface area is 112 Å². The van der Waals surface area contributed by atoms with E-state index in [4.69, 9.17) is 10.5 Å². The first-order valence-electron chi connectivity index (χ1n) is 5.50. The normalized spacial score (nSPS) is 12.7. The summed E-state index contributed by atoms with van der Waals surface area (Å²) in [5, 5.41) is 3.51. The maximum Gasteiger partial charge on any atom is 0.184 e. The molecule has 0 atom stereocenters. The lowest BCUT2D eigenvalue weighted by Gasteiger charge is -2.23. The van der Waals surface area contributed by atoms with E-state index < -0.39 is 15.4 Å². The van der Waals surface area contributed by atoms with Gasteiger partial charge in [0.1, 0.15) is 9.90 Å². The van der Waals surface area contributed by atoms with Gasteiger partial charge in [0.15, 0.2) is 15.7 Å². The first kappa shape index (κ1) is 15.2. The van der Waals surface area contributed by atoms with Crippen LogP contribution in [0.5, 0.6) is 0 Å². The second kappa shape index (κ2) is 5.41. The second-order valence-electron chi connectivity index (χ2n) is 4.45. The van der Waals surface area contributed by atoms with Gasteiger partial charge in [0.2, 0.25) is 0 Å². The molecule has 1 rings (SSSR count). The summed E-state index contributed by atoms with van der Waals surface area (Å²) >= 11 is 1.05. The molecule has 0 radical (unpaired) electrons. The molecule has 104 valence electrons. The molecule has 1 aromatic heterocycles. The Morgan fingerprint density at radius 2 is 2.11 bits per heavy atom.